The Labute approximate surface area is 99.3 Å². The first-order valence-corrected chi connectivity index (χ1v) is 6.44. The van der Waals surface area contributed by atoms with Gasteiger partial charge in [0, 0.05) is 11.8 Å². The number of halogens is 1. The van der Waals surface area contributed by atoms with Gasteiger partial charge in [0.2, 0.25) is 0 Å². The van der Waals surface area contributed by atoms with Gasteiger partial charge in [-0.2, -0.15) is 0 Å². The zero-order valence-corrected chi connectivity index (χ0v) is 10.1. The molecule has 2 nitrogen and oxygen atoms in total. The van der Waals surface area contributed by atoms with E-state index in [4.69, 9.17) is 0 Å². The Morgan fingerprint density at radius 3 is 2.81 bits per heavy atom. The van der Waals surface area contributed by atoms with Gasteiger partial charge in [-0.1, -0.05) is 30.8 Å². The molecule has 1 atom stereocenters. The first-order valence-electron chi connectivity index (χ1n) is 5.46. The maximum atomic E-state index is 12.7. The molecular weight excluding hydrogens is 223 g/mol. The van der Waals surface area contributed by atoms with Crippen LogP contribution in [-0.4, -0.2) is 17.0 Å². The second-order valence-electron chi connectivity index (χ2n) is 3.81. The van der Waals surface area contributed by atoms with Crippen LogP contribution in [0, 0.1) is 5.82 Å². The quantitative estimate of drug-likeness (QED) is 0.875. The van der Waals surface area contributed by atoms with Gasteiger partial charge in [0.25, 0.3) is 0 Å². The molecule has 1 aromatic rings. The summed E-state index contributed by atoms with van der Waals surface area (Å²) in [5.74, 6) is 0.898. The molecule has 0 amide bonds. The molecule has 1 aliphatic heterocycles. The van der Waals surface area contributed by atoms with Crippen molar-refractivity contribution in [1.29, 1.82) is 0 Å². The third-order valence-electron chi connectivity index (χ3n) is 2.56. The molecule has 0 saturated carbocycles. The predicted molar refractivity (Wildman–Crippen MR) is 67.2 cm³/mol. The van der Waals surface area contributed by atoms with E-state index < -0.39 is 0 Å². The van der Waals surface area contributed by atoms with Gasteiger partial charge in [-0.05, 0) is 24.1 Å². The first-order chi connectivity index (χ1) is 7.78. The van der Waals surface area contributed by atoms with Gasteiger partial charge in [-0.25, -0.2) is 4.39 Å². The van der Waals surface area contributed by atoms with Gasteiger partial charge < -0.3 is 5.32 Å². The van der Waals surface area contributed by atoms with E-state index in [-0.39, 0.29) is 5.82 Å². The maximum absolute atomic E-state index is 12.7. The molecule has 0 aliphatic carbocycles. The third kappa shape index (κ3) is 2.98. The second-order valence-corrected chi connectivity index (χ2v) is 4.82. The minimum Gasteiger partial charge on any atom is -0.361 e. The Morgan fingerprint density at radius 1 is 1.44 bits per heavy atom. The van der Waals surface area contributed by atoms with E-state index in [1.807, 2.05) is 0 Å². The lowest BCUT2D eigenvalue weighted by molar-refractivity contribution is 0.627. The van der Waals surface area contributed by atoms with Crippen molar-refractivity contribution >= 4 is 16.9 Å². The molecule has 86 valence electrons. The van der Waals surface area contributed by atoms with Crippen LogP contribution in [0.2, 0.25) is 0 Å². The van der Waals surface area contributed by atoms with Crippen LogP contribution in [0.5, 0.6) is 0 Å². The largest absolute Gasteiger partial charge is 0.361 e. The number of nitrogens with one attached hydrogen (secondary N) is 1. The molecule has 0 spiro atoms. The van der Waals surface area contributed by atoms with Crippen LogP contribution in [0.15, 0.2) is 29.3 Å². The van der Waals surface area contributed by atoms with Gasteiger partial charge in [-0.3, -0.25) is 4.99 Å². The molecule has 1 aliphatic rings. The number of aliphatic imine (C=N–C) groups is 1. The van der Waals surface area contributed by atoms with Crippen LogP contribution < -0.4 is 5.32 Å². The summed E-state index contributed by atoms with van der Waals surface area (Å²) in [5, 5.41) is 4.37. The Balaban J connectivity index is 1.91. The number of thioether (sulfide) groups is 1. The molecule has 2 rings (SSSR count). The summed E-state index contributed by atoms with van der Waals surface area (Å²) in [5.41, 5.74) is 1.04. The fourth-order valence-corrected chi connectivity index (χ4v) is 2.59. The summed E-state index contributed by atoms with van der Waals surface area (Å²) in [7, 11) is 0. The SMILES string of the molecule is CCC1CSC(=NCc2ccc(F)cc2)N1. The van der Waals surface area contributed by atoms with Crippen molar-refractivity contribution in [1.82, 2.24) is 5.32 Å². The topological polar surface area (TPSA) is 24.4 Å². The Bertz CT molecular complexity index is 375. The highest BCUT2D eigenvalue weighted by Crippen LogP contribution is 2.16. The number of hydrogen-bond donors (Lipinski definition) is 1. The molecule has 1 heterocycles. The number of nitrogens with zero attached hydrogens (tertiary/aromatic N) is 1. The fraction of sp³-hybridized carbons (Fsp3) is 0.417. The Morgan fingerprint density at radius 2 is 2.19 bits per heavy atom. The highest BCUT2D eigenvalue weighted by atomic mass is 32.2. The van der Waals surface area contributed by atoms with Crippen LogP contribution in [0.3, 0.4) is 0 Å². The standard InChI is InChI=1S/C12H15FN2S/c1-2-11-8-16-12(15-11)14-7-9-3-5-10(13)6-4-9/h3-6,11H,2,7-8H2,1H3,(H,14,15). The van der Waals surface area contributed by atoms with E-state index >= 15 is 0 Å². The van der Waals surface area contributed by atoms with Crippen molar-refractivity contribution < 1.29 is 4.39 Å². The summed E-state index contributed by atoms with van der Waals surface area (Å²) in [6.07, 6.45) is 1.13. The Kier molecular flexibility index (Phi) is 3.83. The van der Waals surface area contributed by atoms with E-state index in [2.05, 4.69) is 17.2 Å². The molecule has 1 aromatic carbocycles. The van der Waals surface area contributed by atoms with Crippen LogP contribution in [0.25, 0.3) is 0 Å². The first kappa shape index (κ1) is 11.5. The lowest BCUT2D eigenvalue weighted by Crippen LogP contribution is -2.25. The molecule has 1 saturated heterocycles. The van der Waals surface area contributed by atoms with Crippen LogP contribution in [-0.2, 0) is 6.54 Å². The number of rotatable bonds is 3. The highest BCUT2D eigenvalue weighted by molar-refractivity contribution is 8.14. The van der Waals surface area contributed by atoms with E-state index in [0.717, 1.165) is 22.9 Å². The summed E-state index contributed by atoms with van der Waals surface area (Å²) in [6.45, 7) is 2.78. The average molecular weight is 238 g/mol. The third-order valence-corrected chi connectivity index (χ3v) is 3.65. The van der Waals surface area contributed by atoms with Crippen molar-refractivity contribution in [3.63, 3.8) is 0 Å². The van der Waals surface area contributed by atoms with Crippen molar-refractivity contribution in [3.05, 3.63) is 35.6 Å². The van der Waals surface area contributed by atoms with Crippen LogP contribution in [0.1, 0.15) is 18.9 Å². The second kappa shape index (κ2) is 5.34. The molecule has 0 aromatic heterocycles. The molecule has 4 heteroatoms. The molecule has 0 bridgehead atoms. The minimum absolute atomic E-state index is 0.198. The van der Waals surface area contributed by atoms with Gasteiger partial charge in [0.05, 0.1) is 6.54 Å². The van der Waals surface area contributed by atoms with Gasteiger partial charge in [0.1, 0.15) is 5.82 Å². The molecule has 1 unspecified atom stereocenters. The smallest absolute Gasteiger partial charge is 0.157 e. The molecule has 0 radical (unpaired) electrons. The Hall–Kier alpha value is -1.03. The van der Waals surface area contributed by atoms with Gasteiger partial charge in [-0.15, -0.1) is 0 Å². The van der Waals surface area contributed by atoms with E-state index in [1.54, 1.807) is 23.9 Å². The van der Waals surface area contributed by atoms with E-state index in [0.29, 0.717) is 12.6 Å². The summed E-state index contributed by atoms with van der Waals surface area (Å²) < 4.78 is 12.7. The fourth-order valence-electron chi connectivity index (χ4n) is 1.50. The molecule has 16 heavy (non-hydrogen) atoms. The van der Waals surface area contributed by atoms with Crippen molar-refractivity contribution in [2.45, 2.75) is 25.9 Å². The predicted octanol–water partition coefficient (Wildman–Crippen LogP) is 2.80. The number of benzene rings is 1. The van der Waals surface area contributed by atoms with Crippen molar-refractivity contribution in [2.75, 3.05) is 5.75 Å². The van der Waals surface area contributed by atoms with Crippen molar-refractivity contribution in [2.24, 2.45) is 4.99 Å². The van der Waals surface area contributed by atoms with Crippen molar-refractivity contribution in [3.8, 4) is 0 Å². The average Bonchev–Trinajstić information content (AvgIpc) is 2.76. The lowest BCUT2D eigenvalue weighted by atomic mass is 10.2. The highest BCUT2D eigenvalue weighted by Gasteiger charge is 2.17. The summed E-state index contributed by atoms with van der Waals surface area (Å²) >= 11 is 1.76. The lowest BCUT2D eigenvalue weighted by Gasteiger charge is -2.04. The number of hydrogen-bond acceptors (Lipinski definition) is 2. The maximum Gasteiger partial charge on any atom is 0.157 e. The summed E-state index contributed by atoms with van der Waals surface area (Å²) in [6, 6.07) is 7.04. The zero-order chi connectivity index (χ0) is 11.4. The minimum atomic E-state index is -0.198. The number of amidine groups is 1. The summed E-state index contributed by atoms with van der Waals surface area (Å²) in [4.78, 5) is 4.47. The monoisotopic (exact) mass is 238 g/mol. The zero-order valence-electron chi connectivity index (χ0n) is 9.24. The van der Waals surface area contributed by atoms with Gasteiger partial charge in [0.15, 0.2) is 5.17 Å². The van der Waals surface area contributed by atoms with Crippen LogP contribution in [0.4, 0.5) is 4.39 Å². The van der Waals surface area contributed by atoms with E-state index in [9.17, 15) is 4.39 Å². The van der Waals surface area contributed by atoms with Crippen LogP contribution >= 0.6 is 11.8 Å². The normalized spacial score (nSPS) is 22.4. The van der Waals surface area contributed by atoms with Gasteiger partial charge >= 0.3 is 0 Å². The van der Waals surface area contributed by atoms with E-state index in [1.165, 1.54) is 12.1 Å². The molecule has 1 fully saturated rings. The molecule has 1 N–H and O–H groups in total. The molecular formula is C12H15FN2S.